The van der Waals surface area contributed by atoms with Gasteiger partial charge in [-0.15, -0.1) is 0 Å². The van der Waals surface area contributed by atoms with Gasteiger partial charge in [0.1, 0.15) is 23.9 Å². The van der Waals surface area contributed by atoms with Crippen LogP contribution in [0.25, 0.3) is 0 Å². The van der Waals surface area contributed by atoms with Crippen molar-refractivity contribution in [3.63, 3.8) is 0 Å². The molecule has 104 valence electrons. The summed E-state index contributed by atoms with van der Waals surface area (Å²) in [5.41, 5.74) is 0.871. The lowest BCUT2D eigenvalue weighted by Gasteiger charge is -2.10. The molecule has 0 bridgehead atoms. The van der Waals surface area contributed by atoms with E-state index in [4.69, 9.17) is 21.1 Å². The maximum Gasteiger partial charge on any atom is 0.153 e. The van der Waals surface area contributed by atoms with Crippen LogP contribution in [0.2, 0.25) is 5.02 Å². The molecular formula is C15H12ClFO3. The van der Waals surface area contributed by atoms with Crippen LogP contribution in [-0.2, 0) is 6.61 Å². The van der Waals surface area contributed by atoms with Gasteiger partial charge in [-0.1, -0.05) is 11.6 Å². The molecule has 0 atom stereocenters. The Balaban J connectivity index is 2.18. The van der Waals surface area contributed by atoms with E-state index in [1.807, 2.05) is 0 Å². The van der Waals surface area contributed by atoms with E-state index in [-0.39, 0.29) is 6.61 Å². The minimum Gasteiger partial charge on any atom is -0.497 e. The number of benzene rings is 2. The van der Waals surface area contributed by atoms with E-state index in [0.717, 1.165) is 0 Å². The van der Waals surface area contributed by atoms with Crippen molar-refractivity contribution in [2.45, 2.75) is 6.61 Å². The van der Waals surface area contributed by atoms with Crippen LogP contribution in [0.3, 0.4) is 0 Å². The minimum absolute atomic E-state index is 0.0732. The Morgan fingerprint density at radius 2 is 2.05 bits per heavy atom. The van der Waals surface area contributed by atoms with Crippen LogP contribution in [0.1, 0.15) is 15.9 Å². The molecule has 0 aliphatic rings. The first-order valence-electron chi connectivity index (χ1n) is 5.84. The Hall–Kier alpha value is -2.07. The van der Waals surface area contributed by atoms with Crippen LogP contribution in [0, 0.1) is 5.82 Å². The molecule has 0 radical (unpaired) electrons. The molecule has 2 rings (SSSR count). The highest BCUT2D eigenvalue weighted by Crippen LogP contribution is 2.25. The highest BCUT2D eigenvalue weighted by Gasteiger charge is 2.08. The Kier molecular flexibility index (Phi) is 4.58. The van der Waals surface area contributed by atoms with E-state index >= 15 is 0 Å². The van der Waals surface area contributed by atoms with Gasteiger partial charge in [-0.2, -0.15) is 0 Å². The average Bonchev–Trinajstić information content (AvgIpc) is 2.48. The molecule has 0 aliphatic carbocycles. The zero-order valence-corrected chi connectivity index (χ0v) is 11.5. The monoisotopic (exact) mass is 294 g/mol. The third kappa shape index (κ3) is 3.27. The van der Waals surface area contributed by atoms with E-state index in [9.17, 15) is 9.18 Å². The topological polar surface area (TPSA) is 35.5 Å². The Morgan fingerprint density at radius 1 is 1.25 bits per heavy atom. The van der Waals surface area contributed by atoms with E-state index in [0.29, 0.717) is 33.9 Å². The summed E-state index contributed by atoms with van der Waals surface area (Å²) >= 11 is 5.95. The molecule has 0 aromatic heterocycles. The molecule has 0 fully saturated rings. The molecule has 0 aliphatic heterocycles. The van der Waals surface area contributed by atoms with Gasteiger partial charge in [0, 0.05) is 10.6 Å². The largest absolute Gasteiger partial charge is 0.497 e. The standard InChI is InChI=1S/C15H12ClFO3/c1-19-13-3-5-15(10(7-13)8-18)20-9-11-6-12(17)2-4-14(11)16/h2-8H,9H2,1H3. The number of hydrogen-bond donors (Lipinski definition) is 0. The lowest BCUT2D eigenvalue weighted by molar-refractivity contribution is 0.111. The van der Waals surface area contributed by atoms with Crippen molar-refractivity contribution in [3.05, 3.63) is 58.4 Å². The number of hydrogen-bond acceptors (Lipinski definition) is 3. The fourth-order valence-electron chi connectivity index (χ4n) is 1.69. The molecule has 0 heterocycles. The summed E-state index contributed by atoms with van der Waals surface area (Å²) in [6.45, 7) is 0.0732. The second-order valence-corrected chi connectivity index (χ2v) is 4.45. The molecule has 0 N–H and O–H groups in total. The first kappa shape index (κ1) is 14.3. The molecule has 0 saturated carbocycles. The SMILES string of the molecule is COc1ccc(OCc2cc(F)ccc2Cl)c(C=O)c1. The lowest BCUT2D eigenvalue weighted by Crippen LogP contribution is -2.00. The summed E-state index contributed by atoms with van der Waals surface area (Å²) in [5, 5.41) is 0.410. The van der Waals surface area contributed by atoms with Gasteiger partial charge in [-0.25, -0.2) is 4.39 Å². The van der Waals surface area contributed by atoms with Crippen LogP contribution in [-0.4, -0.2) is 13.4 Å². The van der Waals surface area contributed by atoms with Gasteiger partial charge in [-0.05, 0) is 36.4 Å². The van der Waals surface area contributed by atoms with Crippen LogP contribution < -0.4 is 9.47 Å². The summed E-state index contributed by atoms with van der Waals surface area (Å²) in [4.78, 5) is 11.0. The van der Waals surface area contributed by atoms with Gasteiger partial charge in [0.05, 0.1) is 12.7 Å². The third-order valence-electron chi connectivity index (χ3n) is 2.73. The first-order valence-corrected chi connectivity index (χ1v) is 6.22. The van der Waals surface area contributed by atoms with Gasteiger partial charge >= 0.3 is 0 Å². The highest BCUT2D eigenvalue weighted by molar-refractivity contribution is 6.31. The number of carbonyl (C=O) groups excluding carboxylic acids is 1. The molecule has 2 aromatic rings. The normalized spacial score (nSPS) is 10.2. The number of carbonyl (C=O) groups is 1. The van der Waals surface area contributed by atoms with Crippen molar-refractivity contribution in [3.8, 4) is 11.5 Å². The second kappa shape index (κ2) is 6.39. The summed E-state index contributed by atoms with van der Waals surface area (Å²) in [7, 11) is 1.51. The van der Waals surface area contributed by atoms with Crippen molar-refractivity contribution in [1.82, 2.24) is 0 Å². The van der Waals surface area contributed by atoms with E-state index < -0.39 is 5.82 Å². The zero-order chi connectivity index (χ0) is 14.5. The van der Waals surface area contributed by atoms with Gasteiger partial charge in [-0.3, -0.25) is 4.79 Å². The maximum atomic E-state index is 13.1. The van der Waals surface area contributed by atoms with Gasteiger partial charge in [0.25, 0.3) is 0 Å². The van der Waals surface area contributed by atoms with Crippen molar-refractivity contribution < 1.29 is 18.7 Å². The minimum atomic E-state index is -0.390. The van der Waals surface area contributed by atoms with Gasteiger partial charge < -0.3 is 9.47 Å². The third-order valence-corrected chi connectivity index (χ3v) is 3.10. The summed E-state index contributed by atoms with van der Waals surface area (Å²) in [6.07, 6.45) is 0.672. The number of aldehydes is 1. The van der Waals surface area contributed by atoms with Crippen LogP contribution in [0.4, 0.5) is 4.39 Å². The predicted octanol–water partition coefficient (Wildman–Crippen LogP) is 3.88. The summed E-state index contributed by atoms with van der Waals surface area (Å²) in [6, 6.07) is 8.90. The second-order valence-electron chi connectivity index (χ2n) is 4.05. The Morgan fingerprint density at radius 3 is 2.75 bits per heavy atom. The number of methoxy groups -OCH3 is 1. The van der Waals surface area contributed by atoms with E-state index in [1.54, 1.807) is 18.2 Å². The zero-order valence-electron chi connectivity index (χ0n) is 10.7. The summed E-state index contributed by atoms with van der Waals surface area (Å²) < 4.78 is 23.7. The fraction of sp³-hybridized carbons (Fsp3) is 0.133. The predicted molar refractivity (Wildman–Crippen MR) is 74.1 cm³/mol. The summed E-state index contributed by atoms with van der Waals surface area (Å²) in [5.74, 6) is 0.558. The molecule has 0 amide bonds. The first-order chi connectivity index (χ1) is 9.63. The number of rotatable bonds is 5. The van der Waals surface area contributed by atoms with Crippen molar-refractivity contribution in [2.75, 3.05) is 7.11 Å². The fourth-order valence-corrected chi connectivity index (χ4v) is 1.86. The Bertz CT molecular complexity index is 629. The highest BCUT2D eigenvalue weighted by atomic mass is 35.5. The molecule has 5 heteroatoms. The smallest absolute Gasteiger partial charge is 0.153 e. The van der Waals surface area contributed by atoms with Gasteiger partial charge in [0.2, 0.25) is 0 Å². The molecule has 0 spiro atoms. The molecule has 2 aromatic carbocycles. The number of halogens is 2. The van der Waals surface area contributed by atoms with Crippen molar-refractivity contribution >= 4 is 17.9 Å². The van der Waals surface area contributed by atoms with Crippen LogP contribution in [0.5, 0.6) is 11.5 Å². The molecule has 3 nitrogen and oxygen atoms in total. The van der Waals surface area contributed by atoms with E-state index in [2.05, 4.69) is 0 Å². The quantitative estimate of drug-likeness (QED) is 0.785. The van der Waals surface area contributed by atoms with Gasteiger partial charge in [0.15, 0.2) is 6.29 Å². The number of ether oxygens (including phenoxy) is 2. The van der Waals surface area contributed by atoms with Crippen LogP contribution >= 0.6 is 11.6 Å². The molecule has 0 unspecified atom stereocenters. The molecular weight excluding hydrogens is 283 g/mol. The maximum absolute atomic E-state index is 13.1. The van der Waals surface area contributed by atoms with Crippen LogP contribution in [0.15, 0.2) is 36.4 Å². The lowest BCUT2D eigenvalue weighted by atomic mass is 10.2. The molecule has 0 saturated heterocycles. The van der Waals surface area contributed by atoms with E-state index in [1.165, 1.54) is 25.3 Å². The Labute approximate surface area is 120 Å². The van der Waals surface area contributed by atoms with Crippen molar-refractivity contribution in [2.24, 2.45) is 0 Å². The molecule has 20 heavy (non-hydrogen) atoms. The van der Waals surface area contributed by atoms with Crippen molar-refractivity contribution in [1.29, 1.82) is 0 Å². The average molecular weight is 295 g/mol.